The van der Waals surface area contributed by atoms with E-state index in [2.05, 4.69) is 0 Å². The Hall–Kier alpha value is -1.62. The van der Waals surface area contributed by atoms with Gasteiger partial charge in [0.2, 0.25) is 0 Å². The molecule has 1 amide bonds. The van der Waals surface area contributed by atoms with E-state index in [-0.39, 0.29) is 29.1 Å². The van der Waals surface area contributed by atoms with Crippen LogP contribution in [0.5, 0.6) is 0 Å². The van der Waals surface area contributed by atoms with E-state index < -0.39 is 17.6 Å². The normalized spacial score (nSPS) is 17.1. The van der Waals surface area contributed by atoms with Crippen molar-refractivity contribution in [1.82, 2.24) is 4.90 Å². The minimum absolute atomic E-state index is 0.0226. The number of ether oxygens (including phenoxy) is 1. The molecule has 26 heavy (non-hydrogen) atoms. The van der Waals surface area contributed by atoms with Gasteiger partial charge in [0.25, 0.3) is 5.91 Å². The van der Waals surface area contributed by atoms with Gasteiger partial charge < -0.3 is 9.64 Å². The highest BCUT2D eigenvalue weighted by atomic mass is 35.5. The van der Waals surface area contributed by atoms with Gasteiger partial charge in [0.05, 0.1) is 23.6 Å². The van der Waals surface area contributed by atoms with Crippen LogP contribution in [0.25, 0.3) is 0 Å². The highest BCUT2D eigenvalue weighted by Crippen LogP contribution is 2.27. The van der Waals surface area contributed by atoms with Crippen LogP contribution in [0, 0.1) is 11.7 Å². The van der Waals surface area contributed by atoms with Gasteiger partial charge in [-0.05, 0) is 25.0 Å². The predicted molar refractivity (Wildman–Crippen MR) is 99.7 cm³/mol. The van der Waals surface area contributed by atoms with E-state index in [1.807, 2.05) is 0 Å². The summed E-state index contributed by atoms with van der Waals surface area (Å²) in [5.74, 6) is -1.95. The van der Waals surface area contributed by atoms with Gasteiger partial charge in [0.15, 0.2) is 0 Å². The summed E-state index contributed by atoms with van der Waals surface area (Å²) in [4.78, 5) is 26.7. The fraction of sp³-hybridized carbons (Fsp3) is 0.600. The van der Waals surface area contributed by atoms with Crippen LogP contribution in [-0.4, -0.2) is 36.5 Å². The smallest absolute Gasteiger partial charge is 0.310 e. The van der Waals surface area contributed by atoms with Crippen LogP contribution in [0.4, 0.5) is 4.39 Å². The molecule has 6 heteroatoms. The van der Waals surface area contributed by atoms with Crippen LogP contribution in [0.15, 0.2) is 18.2 Å². The Morgan fingerprint density at radius 1 is 1.23 bits per heavy atom. The average molecular weight is 384 g/mol. The maximum absolute atomic E-state index is 14.3. The zero-order valence-corrected chi connectivity index (χ0v) is 16.2. The summed E-state index contributed by atoms with van der Waals surface area (Å²) in [6.45, 7) is 1.92. The molecule has 1 aliphatic carbocycles. The van der Waals surface area contributed by atoms with E-state index in [1.165, 1.54) is 31.7 Å². The third kappa shape index (κ3) is 5.19. The Bertz CT molecular complexity index is 609. The first-order chi connectivity index (χ1) is 12.5. The van der Waals surface area contributed by atoms with Gasteiger partial charge in [-0.2, -0.15) is 0 Å². The maximum atomic E-state index is 14.3. The first-order valence-electron chi connectivity index (χ1n) is 9.28. The summed E-state index contributed by atoms with van der Waals surface area (Å²) in [7, 11) is 1.33. The predicted octanol–water partition coefficient (Wildman–Crippen LogP) is 4.84. The van der Waals surface area contributed by atoms with Gasteiger partial charge >= 0.3 is 5.97 Å². The Labute approximate surface area is 159 Å². The molecule has 1 aromatic rings. The number of hydrogen-bond acceptors (Lipinski definition) is 3. The fourth-order valence-corrected chi connectivity index (χ4v) is 3.80. The van der Waals surface area contributed by atoms with Crippen molar-refractivity contribution >= 4 is 23.5 Å². The first kappa shape index (κ1) is 20.7. The molecule has 1 atom stereocenters. The molecule has 1 aromatic carbocycles. The lowest BCUT2D eigenvalue weighted by Gasteiger charge is -2.35. The van der Waals surface area contributed by atoms with Crippen molar-refractivity contribution in [2.24, 2.45) is 5.92 Å². The fourth-order valence-electron chi connectivity index (χ4n) is 3.56. The molecular weight excluding hydrogens is 357 g/mol. The molecule has 1 fully saturated rings. The van der Waals surface area contributed by atoms with Crippen LogP contribution in [0.2, 0.25) is 5.02 Å². The van der Waals surface area contributed by atoms with E-state index in [0.29, 0.717) is 0 Å². The number of nitrogens with zero attached hydrogens (tertiary/aromatic N) is 1. The maximum Gasteiger partial charge on any atom is 0.310 e. The highest BCUT2D eigenvalue weighted by Gasteiger charge is 2.31. The van der Waals surface area contributed by atoms with Crippen LogP contribution in [0.3, 0.4) is 0 Å². The van der Waals surface area contributed by atoms with E-state index in [1.54, 1.807) is 11.8 Å². The van der Waals surface area contributed by atoms with Crippen LogP contribution >= 0.6 is 11.6 Å². The molecule has 0 aromatic heterocycles. The second kappa shape index (κ2) is 9.91. The number of benzene rings is 1. The lowest BCUT2D eigenvalue weighted by Crippen LogP contribution is -2.45. The third-order valence-electron chi connectivity index (χ3n) is 5.03. The SMILES string of the molecule is COC(=O)C(C)CN(C(=O)c1c(F)cccc1Cl)C1CCCCCCC1. The second-order valence-electron chi connectivity index (χ2n) is 6.98. The summed E-state index contributed by atoms with van der Waals surface area (Å²) in [5, 5.41) is 0.0940. The Morgan fingerprint density at radius 3 is 2.42 bits per heavy atom. The molecule has 2 rings (SSSR count). The number of carbonyl (C=O) groups excluding carboxylic acids is 2. The zero-order chi connectivity index (χ0) is 19.1. The Morgan fingerprint density at radius 2 is 1.85 bits per heavy atom. The number of esters is 1. The van der Waals surface area contributed by atoms with Gasteiger partial charge in [0, 0.05) is 12.6 Å². The van der Waals surface area contributed by atoms with Gasteiger partial charge in [-0.25, -0.2) is 4.39 Å². The van der Waals surface area contributed by atoms with Crippen molar-refractivity contribution in [1.29, 1.82) is 0 Å². The lowest BCUT2D eigenvalue weighted by atomic mass is 9.94. The molecule has 0 bridgehead atoms. The number of rotatable bonds is 5. The highest BCUT2D eigenvalue weighted by molar-refractivity contribution is 6.33. The molecule has 4 nitrogen and oxygen atoms in total. The van der Waals surface area contributed by atoms with Gasteiger partial charge in [-0.1, -0.05) is 56.7 Å². The van der Waals surface area contributed by atoms with Crippen molar-refractivity contribution in [2.75, 3.05) is 13.7 Å². The third-order valence-corrected chi connectivity index (χ3v) is 5.34. The Kier molecular flexibility index (Phi) is 7.88. The standard InChI is InChI=1S/C20H27ClFNO3/c1-14(20(25)26-2)13-23(15-9-6-4-3-5-7-10-15)19(24)18-16(21)11-8-12-17(18)22/h8,11-12,14-15H,3-7,9-10,13H2,1-2H3. The van der Waals surface area contributed by atoms with Crippen LogP contribution in [0.1, 0.15) is 62.2 Å². The number of halogens is 2. The second-order valence-corrected chi connectivity index (χ2v) is 7.38. The number of carbonyl (C=O) groups is 2. The van der Waals surface area contributed by atoms with Crippen molar-refractivity contribution in [3.63, 3.8) is 0 Å². The lowest BCUT2D eigenvalue weighted by molar-refractivity contribution is -0.145. The molecule has 0 N–H and O–H groups in total. The molecule has 0 spiro atoms. The minimum atomic E-state index is -0.635. The van der Waals surface area contributed by atoms with E-state index in [9.17, 15) is 14.0 Å². The number of methoxy groups -OCH3 is 1. The van der Waals surface area contributed by atoms with E-state index in [0.717, 1.165) is 38.5 Å². The molecule has 1 aliphatic rings. The summed E-state index contributed by atoms with van der Waals surface area (Å²) in [6, 6.07) is 4.20. The van der Waals surface area contributed by atoms with Gasteiger partial charge in [-0.3, -0.25) is 9.59 Å². The van der Waals surface area contributed by atoms with Crippen molar-refractivity contribution in [3.8, 4) is 0 Å². The molecular formula is C20H27ClFNO3. The molecule has 0 aliphatic heterocycles. The van der Waals surface area contributed by atoms with E-state index >= 15 is 0 Å². The molecule has 1 unspecified atom stereocenters. The molecule has 144 valence electrons. The topological polar surface area (TPSA) is 46.6 Å². The van der Waals surface area contributed by atoms with Crippen molar-refractivity contribution in [2.45, 2.75) is 57.9 Å². The summed E-state index contributed by atoms with van der Waals surface area (Å²) in [5.41, 5.74) is -0.117. The van der Waals surface area contributed by atoms with Crippen LogP contribution < -0.4 is 0 Å². The van der Waals surface area contributed by atoms with Crippen molar-refractivity contribution < 1.29 is 18.7 Å². The zero-order valence-electron chi connectivity index (χ0n) is 15.5. The van der Waals surface area contributed by atoms with Crippen LogP contribution in [-0.2, 0) is 9.53 Å². The number of amides is 1. The summed E-state index contributed by atoms with van der Waals surface area (Å²) < 4.78 is 19.1. The molecule has 0 radical (unpaired) electrons. The Balaban J connectivity index is 2.31. The minimum Gasteiger partial charge on any atom is -0.469 e. The van der Waals surface area contributed by atoms with Gasteiger partial charge in [0.1, 0.15) is 5.82 Å². The first-order valence-corrected chi connectivity index (χ1v) is 9.66. The summed E-state index contributed by atoms with van der Waals surface area (Å²) >= 11 is 6.11. The largest absolute Gasteiger partial charge is 0.469 e. The summed E-state index contributed by atoms with van der Waals surface area (Å²) in [6.07, 6.45) is 7.21. The monoisotopic (exact) mass is 383 g/mol. The average Bonchev–Trinajstić information content (AvgIpc) is 2.58. The van der Waals surface area contributed by atoms with Crippen molar-refractivity contribution in [3.05, 3.63) is 34.6 Å². The molecule has 1 saturated carbocycles. The number of hydrogen-bond donors (Lipinski definition) is 0. The quantitative estimate of drug-likeness (QED) is 0.683. The van der Waals surface area contributed by atoms with E-state index in [4.69, 9.17) is 16.3 Å². The molecule has 0 saturated heterocycles. The van der Waals surface area contributed by atoms with Gasteiger partial charge in [-0.15, -0.1) is 0 Å². The molecule has 0 heterocycles.